The van der Waals surface area contributed by atoms with Gasteiger partial charge in [0.2, 0.25) is 0 Å². The number of nitrogens with one attached hydrogen (secondary N) is 1. The van der Waals surface area contributed by atoms with Crippen molar-refractivity contribution < 1.29 is 4.92 Å². The number of non-ortho nitro benzene ring substituents is 1. The molecule has 2 aromatic carbocycles. The minimum absolute atomic E-state index is 0.00769. The lowest BCUT2D eigenvalue weighted by Gasteiger charge is -2.09. The molecule has 5 nitrogen and oxygen atoms in total. The van der Waals surface area contributed by atoms with Gasteiger partial charge in [0.25, 0.3) is 5.69 Å². The second-order valence-electron chi connectivity index (χ2n) is 4.01. The number of nitrogens with two attached hydrogens (primary N) is 1. The van der Waals surface area contributed by atoms with Crippen molar-refractivity contribution in [1.29, 1.82) is 0 Å². The van der Waals surface area contributed by atoms with Crippen LogP contribution >= 0.6 is 15.9 Å². The fourth-order valence-corrected chi connectivity index (χ4v) is 1.89. The van der Waals surface area contributed by atoms with Crippen molar-refractivity contribution in [3.05, 3.63) is 62.6 Å². The second kappa shape index (κ2) is 5.71. The van der Waals surface area contributed by atoms with Crippen LogP contribution in [0.5, 0.6) is 0 Å². The zero-order chi connectivity index (χ0) is 13.8. The molecule has 0 aliphatic rings. The molecule has 19 heavy (non-hydrogen) atoms. The molecule has 2 rings (SSSR count). The van der Waals surface area contributed by atoms with E-state index in [4.69, 9.17) is 5.73 Å². The number of hydrogen-bond acceptors (Lipinski definition) is 4. The molecular weight excluding hydrogens is 310 g/mol. The maximum Gasteiger partial charge on any atom is 0.271 e. The van der Waals surface area contributed by atoms with Crippen LogP contribution in [0.1, 0.15) is 5.56 Å². The summed E-state index contributed by atoms with van der Waals surface area (Å²) in [5.74, 6) is 0. The van der Waals surface area contributed by atoms with Gasteiger partial charge in [0, 0.05) is 23.2 Å². The molecule has 0 atom stereocenters. The molecule has 0 unspecified atom stereocenters. The number of nitrogen functional groups attached to an aromatic ring is 1. The molecule has 3 N–H and O–H groups in total. The summed E-state index contributed by atoms with van der Waals surface area (Å²) < 4.78 is 1.02. The molecule has 0 spiro atoms. The van der Waals surface area contributed by atoms with E-state index in [9.17, 15) is 10.1 Å². The van der Waals surface area contributed by atoms with Crippen molar-refractivity contribution >= 4 is 33.0 Å². The fraction of sp³-hybridized carbons (Fsp3) is 0.0769. The van der Waals surface area contributed by atoms with Crippen molar-refractivity contribution in [2.45, 2.75) is 6.54 Å². The van der Waals surface area contributed by atoms with Crippen LogP contribution < -0.4 is 11.1 Å². The van der Waals surface area contributed by atoms with Gasteiger partial charge >= 0.3 is 0 Å². The minimum atomic E-state index is -0.463. The number of halogens is 1. The highest BCUT2D eigenvalue weighted by molar-refractivity contribution is 9.10. The third kappa shape index (κ3) is 3.45. The number of anilines is 2. The highest BCUT2D eigenvalue weighted by atomic mass is 79.9. The first-order valence-electron chi connectivity index (χ1n) is 5.58. The topological polar surface area (TPSA) is 81.2 Å². The molecule has 0 bridgehead atoms. The van der Waals surface area contributed by atoms with Crippen LogP contribution in [0.4, 0.5) is 17.1 Å². The Morgan fingerprint density at radius 1 is 1.21 bits per heavy atom. The zero-order valence-electron chi connectivity index (χ0n) is 9.97. The predicted molar refractivity (Wildman–Crippen MR) is 79.0 cm³/mol. The summed E-state index contributed by atoms with van der Waals surface area (Å²) in [7, 11) is 0. The molecule has 0 fully saturated rings. The lowest BCUT2D eigenvalue weighted by atomic mass is 10.2. The molecule has 0 heterocycles. The smallest absolute Gasteiger partial charge is 0.271 e. The summed E-state index contributed by atoms with van der Waals surface area (Å²) in [6, 6.07) is 12.3. The predicted octanol–water partition coefficient (Wildman–Crippen LogP) is 3.55. The number of benzene rings is 2. The summed E-state index contributed by atoms with van der Waals surface area (Å²) in [6.07, 6.45) is 0. The van der Waals surface area contributed by atoms with Crippen molar-refractivity contribution in [3.63, 3.8) is 0 Å². The highest BCUT2D eigenvalue weighted by Crippen LogP contribution is 2.24. The zero-order valence-corrected chi connectivity index (χ0v) is 11.6. The van der Waals surface area contributed by atoms with Crippen LogP contribution in [0.15, 0.2) is 46.9 Å². The Labute approximate surface area is 118 Å². The van der Waals surface area contributed by atoms with Gasteiger partial charge in [-0.25, -0.2) is 0 Å². The maximum atomic E-state index is 10.6. The van der Waals surface area contributed by atoms with Crippen LogP contribution in [0.3, 0.4) is 0 Å². The van der Waals surface area contributed by atoms with E-state index in [2.05, 4.69) is 21.2 Å². The molecule has 0 saturated carbocycles. The minimum Gasteiger partial charge on any atom is -0.397 e. The van der Waals surface area contributed by atoms with Crippen LogP contribution in [0, 0.1) is 10.1 Å². The number of nitro groups is 1. The van der Waals surface area contributed by atoms with E-state index < -0.39 is 4.92 Å². The van der Waals surface area contributed by atoms with Gasteiger partial charge in [0.1, 0.15) is 0 Å². The molecule has 0 aliphatic heterocycles. The first-order valence-corrected chi connectivity index (χ1v) is 6.38. The van der Waals surface area contributed by atoms with Crippen LogP contribution in [0.25, 0.3) is 0 Å². The van der Waals surface area contributed by atoms with Gasteiger partial charge in [-0.15, -0.1) is 0 Å². The normalized spacial score (nSPS) is 10.2. The van der Waals surface area contributed by atoms with E-state index in [0.717, 1.165) is 10.0 Å². The standard InChI is InChI=1S/C13H12BrN3O2/c14-10-3-1-9(2-4-10)8-16-13-6-5-11(17(18)19)7-12(13)15/h1-7,16H,8,15H2. The Morgan fingerprint density at radius 2 is 1.89 bits per heavy atom. The van der Waals surface area contributed by atoms with Crippen molar-refractivity contribution in [1.82, 2.24) is 0 Å². The largest absolute Gasteiger partial charge is 0.397 e. The van der Waals surface area contributed by atoms with Gasteiger partial charge in [0.05, 0.1) is 16.3 Å². The third-order valence-electron chi connectivity index (χ3n) is 2.64. The van der Waals surface area contributed by atoms with Gasteiger partial charge < -0.3 is 11.1 Å². The molecule has 2 aromatic rings. The molecule has 0 aromatic heterocycles. The van der Waals surface area contributed by atoms with E-state index in [0.29, 0.717) is 17.9 Å². The fourth-order valence-electron chi connectivity index (χ4n) is 1.62. The molecule has 0 saturated heterocycles. The van der Waals surface area contributed by atoms with Crippen molar-refractivity contribution in [2.75, 3.05) is 11.1 Å². The Morgan fingerprint density at radius 3 is 2.47 bits per heavy atom. The molecule has 6 heteroatoms. The van der Waals surface area contributed by atoms with Gasteiger partial charge in [-0.05, 0) is 23.8 Å². The van der Waals surface area contributed by atoms with Crippen LogP contribution in [0.2, 0.25) is 0 Å². The molecule has 98 valence electrons. The monoisotopic (exact) mass is 321 g/mol. The SMILES string of the molecule is Nc1cc([N+](=O)[O-])ccc1NCc1ccc(Br)cc1. The van der Waals surface area contributed by atoms with Crippen molar-refractivity contribution in [3.8, 4) is 0 Å². The highest BCUT2D eigenvalue weighted by Gasteiger charge is 2.08. The summed E-state index contributed by atoms with van der Waals surface area (Å²) >= 11 is 3.37. The molecule has 0 amide bonds. The average Bonchev–Trinajstić information content (AvgIpc) is 2.39. The van der Waals surface area contributed by atoms with Crippen molar-refractivity contribution in [2.24, 2.45) is 0 Å². The summed E-state index contributed by atoms with van der Waals surface area (Å²) in [5, 5.41) is 13.8. The van der Waals surface area contributed by atoms with Gasteiger partial charge in [-0.1, -0.05) is 28.1 Å². The summed E-state index contributed by atoms with van der Waals surface area (Å²) in [5.41, 5.74) is 7.92. The van der Waals surface area contributed by atoms with E-state index in [1.807, 2.05) is 24.3 Å². The summed E-state index contributed by atoms with van der Waals surface area (Å²) in [6.45, 7) is 0.606. The van der Waals surface area contributed by atoms with Gasteiger partial charge in [-0.2, -0.15) is 0 Å². The second-order valence-corrected chi connectivity index (χ2v) is 4.92. The van der Waals surface area contributed by atoms with Crippen LogP contribution in [-0.4, -0.2) is 4.92 Å². The Bertz CT molecular complexity index is 599. The lowest BCUT2D eigenvalue weighted by Crippen LogP contribution is -2.03. The first kappa shape index (κ1) is 13.4. The molecule has 0 aliphatic carbocycles. The summed E-state index contributed by atoms with van der Waals surface area (Å²) in [4.78, 5) is 10.1. The van der Waals surface area contributed by atoms with E-state index >= 15 is 0 Å². The maximum absolute atomic E-state index is 10.6. The van der Waals surface area contributed by atoms with Crippen LogP contribution in [-0.2, 0) is 6.54 Å². The third-order valence-corrected chi connectivity index (χ3v) is 3.17. The number of rotatable bonds is 4. The molecular formula is C13H12BrN3O2. The lowest BCUT2D eigenvalue weighted by molar-refractivity contribution is -0.384. The first-order chi connectivity index (χ1) is 9.06. The van der Waals surface area contributed by atoms with E-state index in [1.54, 1.807) is 6.07 Å². The average molecular weight is 322 g/mol. The number of nitro benzene ring substituents is 1. The van der Waals surface area contributed by atoms with Gasteiger partial charge in [0.15, 0.2) is 0 Å². The number of nitrogens with zero attached hydrogens (tertiary/aromatic N) is 1. The number of hydrogen-bond donors (Lipinski definition) is 2. The Kier molecular flexibility index (Phi) is 4.01. The Hall–Kier alpha value is -2.08. The Balaban J connectivity index is 2.07. The van der Waals surface area contributed by atoms with Gasteiger partial charge in [-0.3, -0.25) is 10.1 Å². The quantitative estimate of drug-likeness (QED) is 0.512. The van der Waals surface area contributed by atoms with E-state index in [1.165, 1.54) is 12.1 Å². The van der Waals surface area contributed by atoms with E-state index in [-0.39, 0.29) is 5.69 Å². The molecule has 0 radical (unpaired) electrons.